The predicted octanol–water partition coefficient (Wildman–Crippen LogP) is 1.19. The van der Waals surface area contributed by atoms with Gasteiger partial charge in [0.1, 0.15) is 6.04 Å². The maximum Gasteiger partial charge on any atom is 0.326 e. The number of hydrogen-bond acceptors (Lipinski definition) is 2. The zero-order valence-electron chi connectivity index (χ0n) is 9.82. The Balaban J connectivity index is 2.27. The monoisotopic (exact) mass is 228 g/mol. The summed E-state index contributed by atoms with van der Waals surface area (Å²) in [6.07, 6.45) is 3.55. The number of aliphatic carboxylic acids is 1. The number of amides is 2. The zero-order valence-corrected chi connectivity index (χ0v) is 9.82. The molecule has 16 heavy (non-hydrogen) atoms. The highest BCUT2D eigenvalue weighted by atomic mass is 16.4. The van der Waals surface area contributed by atoms with Crippen molar-refractivity contribution in [2.45, 2.75) is 39.2 Å². The molecule has 5 heteroatoms. The van der Waals surface area contributed by atoms with Crippen molar-refractivity contribution in [3.05, 3.63) is 0 Å². The van der Waals surface area contributed by atoms with Gasteiger partial charge < -0.3 is 15.7 Å². The van der Waals surface area contributed by atoms with Crippen LogP contribution in [0.25, 0.3) is 0 Å². The van der Waals surface area contributed by atoms with Crippen molar-refractivity contribution in [3.8, 4) is 0 Å². The number of carboxylic acids is 1. The topological polar surface area (TPSA) is 78.4 Å². The number of nitrogens with one attached hydrogen (secondary N) is 2. The van der Waals surface area contributed by atoms with Crippen LogP contribution < -0.4 is 10.6 Å². The van der Waals surface area contributed by atoms with Gasteiger partial charge in [0.15, 0.2) is 0 Å². The Labute approximate surface area is 95.6 Å². The molecule has 0 aromatic rings. The van der Waals surface area contributed by atoms with E-state index < -0.39 is 12.0 Å². The number of rotatable bonds is 5. The molecule has 0 unspecified atom stereocenters. The average molecular weight is 228 g/mol. The third-order valence-electron chi connectivity index (χ3n) is 3.00. The van der Waals surface area contributed by atoms with Crippen molar-refractivity contribution < 1.29 is 14.7 Å². The minimum Gasteiger partial charge on any atom is -0.480 e. The molecule has 0 radical (unpaired) electrons. The summed E-state index contributed by atoms with van der Waals surface area (Å²) in [6.45, 7) is 4.19. The summed E-state index contributed by atoms with van der Waals surface area (Å²) >= 11 is 0. The molecule has 1 aliphatic rings. The molecule has 0 aliphatic heterocycles. The van der Waals surface area contributed by atoms with Gasteiger partial charge in [0.25, 0.3) is 0 Å². The molecule has 1 atom stereocenters. The second kappa shape index (κ2) is 5.72. The highest BCUT2D eigenvalue weighted by Gasteiger charge is 2.24. The van der Waals surface area contributed by atoms with Crippen LogP contribution in [0.3, 0.4) is 0 Å². The third-order valence-corrected chi connectivity index (χ3v) is 3.00. The van der Waals surface area contributed by atoms with Gasteiger partial charge in [-0.15, -0.1) is 0 Å². The van der Waals surface area contributed by atoms with Crippen LogP contribution in [0.15, 0.2) is 0 Å². The van der Waals surface area contributed by atoms with Crippen LogP contribution >= 0.6 is 0 Å². The largest absolute Gasteiger partial charge is 0.480 e. The van der Waals surface area contributed by atoms with Crippen LogP contribution in [0.2, 0.25) is 0 Å². The average Bonchev–Trinajstić information content (AvgIpc) is 2.10. The molecule has 5 nitrogen and oxygen atoms in total. The maximum atomic E-state index is 11.4. The molecule has 0 saturated heterocycles. The molecule has 0 spiro atoms. The number of carbonyl (C=O) groups excluding carboxylic acids is 1. The zero-order chi connectivity index (χ0) is 12.1. The van der Waals surface area contributed by atoms with Crippen LogP contribution in [0.5, 0.6) is 0 Å². The van der Waals surface area contributed by atoms with Gasteiger partial charge in [-0.05, 0) is 24.7 Å². The van der Waals surface area contributed by atoms with Gasteiger partial charge in [-0.1, -0.05) is 20.3 Å². The molecule has 92 valence electrons. The highest BCUT2D eigenvalue weighted by Crippen LogP contribution is 2.24. The fourth-order valence-electron chi connectivity index (χ4n) is 1.64. The Morgan fingerprint density at radius 2 is 2.00 bits per heavy atom. The van der Waals surface area contributed by atoms with E-state index in [1.54, 1.807) is 13.8 Å². The highest BCUT2D eigenvalue weighted by molar-refractivity contribution is 5.82. The summed E-state index contributed by atoms with van der Waals surface area (Å²) in [6, 6.07) is -1.20. The van der Waals surface area contributed by atoms with Crippen molar-refractivity contribution in [2.75, 3.05) is 6.54 Å². The molecule has 1 saturated carbocycles. The van der Waals surface area contributed by atoms with Gasteiger partial charge in [-0.25, -0.2) is 9.59 Å². The molecule has 0 heterocycles. The maximum absolute atomic E-state index is 11.4. The predicted molar refractivity (Wildman–Crippen MR) is 60.1 cm³/mol. The van der Waals surface area contributed by atoms with Crippen molar-refractivity contribution in [2.24, 2.45) is 11.8 Å². The summed E-state index contributed by atoms with van der Waals surface area (Å²) in [5.74, 6) is -0.533. The lowest BCUT2D eigenvalue weighted by Gasteiger charge is -2.26. The first-order valence-corrected chi connectivity index (χ1v) is 5.78. The lowest BCUT2D eigenvalue weighted by molar-refractivity contribution is -0.140. The molecule has 1 fully saturated rings. The normalized spacial score (nSPS) is 17.7. The van der Waals surface area contributed by atoms with E-state index in [2.05, 4.69) is 10.6 Å². The molecular formula is C11H20N2O3. The first-order chi connectivity index (χ1) is 7.50. The van der Waals surface area contributed by atoms with E-state index in [-0.39, 0.29) is 11.9 Å². The number of carbonyl (C=O) groups is 2. The summed E-state index contributed by atoms with van der Waals surface area (Å²) in [5.41, 5.74) is 0. The Bertz CT molecular complexity index is 262. The van der Waals surface area contributed by atoms with E-state index in [4.69, 9.17) is 5.11 Å². The lowest BCUT2D eigenvalue weighted by atomic mass is 9.85. The molecule has 0 bridgehead atoms. The van der Waals surface area contributed by atoms with E-state index in [1.807, 2.05) is 0 Å². The molecule has 0 aromatic heterocycles. The Hall–Kier alpha value is -1.26. The minimum absolute atomic E-state index is 0.119. The van der Waals surface area contributed by atoms with Gasteiger partial charge in [0, 0.05) is 6.54 Å². The van der Waals surface area contributed by atoms with Crippen LogP contribution in [-0.2, 0) is 4.79 Å². The Kier molecular flexibility index (Phi) is 4.58. The first kappa shape index (κ1) is 12.8. The van der Waals surface area contributed by atoms with Gasteiger partial charge >= 0.3 is 12.0 Å². The summed E-state index contributed by atoms with van der Waals surface area (Å²) in [7, 11) is 0. The second-order valence-electron chi connectivity index (χ2n) is 4.71. The molecule has 0 aromatic carbocycles. The fourth-order valence-corrected chi connectivity index (χ4v) is 1.64. The van der Waals surface area contributed by atoms with Gasteiger partial charge in [0.05, 0.1) is 0 Å². The second-order valence-corrected chi connectivity index (χ2v) is 4.71. The fraction of sp³-hybridized carbons (Fsp3) is 0.818. The Morgan fingerprint density at radius 3 is 2.38 bits per heavy atom. The van der Waals surface area contributed by atoms with E-state index in [9.17, 15) is 9.59 Å². The van der Waals surface area contributed by atoms with E-state index in [1.165, 1.54) is 6.42 Å². The van der Waals surface area contributed by atoms with Gasteiger partial charge in [0.2, 0.25) is 0 Å². The smallest absolute Gasteiger partial charge is 0.326 e. The van der Waals surface area contributed by atoms with Crippen molar-refractivity contribution >= 4 is 12.0 Å². The van der Waals surface area contributed by atoms with Gasteiger partial charge in [-0.2, -0.15) is 0 Å². The van der Waals surface area contributed by atoms with Crippen LogP contribution in [0.4, 0.5) is 4.79 Å². The third kappa shape index (κ3) is 3.72. The lowest BCUT2D eigenvalue weighted by Crippen LogP contribution is -2.49. The van der Waals surface area contributed by atoms with Crippen molar-refractivity contribution in [1.29, 1.82) is 0 Å². The quantitative estimate of drug-likeness (QED) is 0.661. The molecule has 2 amide bonds. The number of carboxylic acid groups (broad SMARTS) is 1. The molecule has 3 N–H and O–H groups in total. The number of urea groups is 1. The molecule has 1 rings (SSSR count). The van der Waals surface area contributed by atoms with Crippen LogP contribution in [0.1, 0.15) is 33.1 Å². The first-order valence-electron chi connectivity index (χ1n) is 5.78. The van der Waals surface area contributed by atoms with Crippen molar-refractivity contribution in [1.82, 2.24) is 10.6 Å². The van der Waals surface area contributed by atoms with Gasteiger partial charge in [-0.3, -0.25) is 0 Å². The van der Waals surface area contributed by atoms with Crippen LogP contribution in [0, 0.1) is 11.8 Å². The van der Waals surface area contributed by atoms with E-state index in [0.29, 0.717) is 12.5 Å². The number of hydrogen-bond donors (Lipinski definition) is 3. The summed E-state index contributed by atoms with van der Waals surface area (Å²) in [5, 5.41) is 14.1. The summed E-state index contributed by atoms with van der Waals surface area (Å²) < 4.78 is 0. The van der Waals surface area contributed by atoms with Crippen molar-refractivity contribution in [3.63, 3.8) is 0 Å². The standard InChI is InChI=1S/C11H20N2O3/c1-7(2)9(10(14)15)13-11(16)12-6-8-4-3-5-8/h7-9H,3-6H2,1-2H3,(H,14,15)(H2,12,13,16)/t9-/m0/s1. The van der Waals surface area contributed by atoms with E-state index >= 15 is 0 Å². The Morgan fingerprint density at radius 1 is 1.38 bits per heavy atom. The summed E-state index contributed by atoms with van der Waals surface area (Å²) in [4.78, 5) is 22.3. The van der Waals surface area contributed by atoms with Crippen LogP contribution in [-0.4, -0.2) is 29.7 Å². The van der Waals surface area contributed by atoms with E-state index in [0.717, 1.165) is 12.8 Å². The molecular weight excluding hydrogens is 208 g/mol. The SMILES string of the molecule is CC(C)[C@H](NC(=O)NCC1CCC1)C(=O)O. The molecule has 1 aliphatic carbocycles. The minimum atomic E-state index is -0.992.